The van der Waals surface area contributed by atoms with Crippen molar-refractivity contribution in [2.24, 2.45) is 0 Å². The van der Waals surface area contributed by atoms with Gasteiger partial charge in [0, 0.05) is 0 Å². The molecule has 0 bridgehead atoms. The lowest BCUT2D eigenvalue weighted by Gasteiger charge is -1.94. The van der Waals surface area contributed by atoms with Crippen molar-refractivity contribution < 1.29 is 18.4 Å². The van der Waals surface area contributed by atoms with Crippen molar-refractivity contribution in [1.82, 2.24) is 0 Å². The Balaban J connectivity index is 3.69. The maximum atomic E-state index is 11.4. The van der Waals surface area contributed by atoms with Gasteiger partial charge in [0.1, 0.15) is 0 Å². The minimum Gasteiger partial charge on any atom is -0.293 e. The molecule has 10 heavy (non-hydrogen) atoms. The van der Waals surface area contributed by atoms with Crippen LogP contribution < -0.4 is 0 Å². The Morgan fingerprint density at radius 1 is 1.50 bits per heavy atom. The van der Waals surface area contributed by atoms with Crippen LogP contribution in [0.1, 0.15) is 6.42 Å². The second-order valence-electron chi connectivity index (χ2n) is 1.52. The van der Waals surface area contributed by atoms with Crippen LogP contribution in [-0.2, 0) is 9.59 Å². The lowest BCUT2D eigenvalue weighted by Crippen LogP contribution is -2.12. The average molecular weight is 168 g/mol. The molecular formula is C5H6F2O2S. The van der Waals surface area contributed by atoms with Gasteiger partial charge in [-0.15, -0.1) is 0 Å². The molecule has 0 aliphatic heterocycles. The number of carbonyl (C=O) groups excluding carboxylic acids is 2. The fraction of sp³-hybridized carbons (Fsp3) is 0.600. The van der Waals surface area contributed by atoms with Crippen LogP contribution in [0.2, 0.25) is 0 Å². The molecule has 0 aliphatic rings. The summed E-state index contributed by atoms with van der Waals surface area (Å²) in [5.74, 6) is -1.31. The molecule has 0 spiro atoms. The van der Waals surface area contributed by atoms with E-state index in [0.29, 0.717) is 0 Å². The number of hydrogen-bond donors (Lipinski definition) is 0. The molecule has 0 aromatic heterocycles. The molecule has 5 heteroatoms. The van der Waals surface area contributed by atoms with Gasteiger partial charge in [-0.3, -0.25) is 9.59 Å². The summed E-state index contributed by atoms with van der Waals surface area (Å²) in [6, 6.07) is 0. The van der Waals surface area contributed by atoms with Gasteiger partial charge in [-0.2, -0.15) is 0 Å². The van der Waals surface area contributed by atoms with Crippen LogP contribution in [0.4, 0.5) is 8.78 Å². The fourth-order valence-corrected chi connectivity index (χ4v) is 0.578. The van der Waals surface area contributed by atoms with Crippen molar-refractivity contribution in [1.29, 1.82) is 0 Å². The smallest absolute Gasteiger partial charge is 0.293 e. The lowest BCUT2D eigenvalue weighted by molar-refractivity contribution is -0.131. The summed E-state index contributed by atoms with van der Waals surface area (Å²) >= 11 is 0.777. The van der Waals surface area contributed by atoms with Gasteiger partial charge in [0.05, 0.1) is 6.42 Å². The van der Waals surface area contributed by atoms with Crippen molar-refractivity contribution >= 4 is 22.7 Å². The van der Waals surface area contributed by atoms with Gasteiger partial charge in [0.25, 0.3) is 6.43 Å². The van der Waals surface area contributed by atoms with Crippen molar-refractivity contribution in [2.45, 2.75) is 12.8 Å². The standard InChI is InChI=1S/C5H6F2O2S/c1-10-4(9)2-3(8)5(6)7/h5H,2H2,1H3. The minimum atomic E-state index is -3.02. The van der Waals surface area contributed by atoms with E-state index in [1.54, 1.807) is 0 Å². The van der Waals surface area contributed by atoms with Crippen LogP contribution in [0, 0.1) is 0 Å². The van der Waals surface area contributed by atoms with E-state index in [9.17, 15) is 18.4 Å². The van der Waals surface area contributed by atoms with Crippen molar-refractivity contribution in [2.75, 3.05) is 6.26 Å². The van der Waals surface area contributed by atoms with Crippen LogP contribution in [-0.4, -0.2) is 23.6 Å². The van der Waals surface area contributed by atoms with E-state index in [4.69, 9.17) is 0 Å². The Bertz CT molecular complexity index is 147. The van der Waals surface area contributed by atoms with E-state index < -0.39 is 23.7 Å². The van der Waals surface area contributed by atoms with Gasteiger partial charge in [-0.25, -0.2) is 8.78 Å². The van der Waals surface area contributed by atoms with E-state index in [2.05, 4.69) is 0 Å². The number of Topliss-reactive ketones (excluding diaryl/α,β-unsaturated/α-hetero) is 1. The quantitative estimate of drug-likeness (QED) is 0.592. The monoisotopic (exact) mass is 168 g/mol. The first kappa shape index (κ1) is 9.55. The molecular weight excluding hydrogens is 162 g/mol. The highest BCUT2D eigenvalue weighted by molar-refractivity contribution is 8.13. The number of hydrogen-bond acceptors (Lipinski definition) is 3. The van der Waals surface area contributed by atoms with E-state index in [-0.39, 0.29) is 0 Å². The van der Waals surface area contributed by atoms with Gasteiger partial charge in [-0.05, 0) is 6.26 Å². The molecule has 0 fully saturated rings. The van der Waals surface area contributed by atoms with Crippen LogP contribution in [0.25, 0.3) is 0 Å². The Morgan fingerprint density at radius 3 is 2.30 bits per heavy atom. The van der Waals surface area contributed by atoms with E-state index >= 15 is 0 Å². The van der Waals surface area contributed by atoms with E-state index in [0.717, 1.165) is 11.8 Å². The summed E-state index contributed by atoms with van der Waals surface area (Å²) < 4.78 is 22.8. The van der Waals surface area contributed by atoms with Crippen molar-refractivity contribution in [3.05, 3.63) is 0 Å². The molecule has 0 rings (SSSR count). The van der Waals surface area contributed by atoms with Gasteiger partial charge < -0.3 is 0 Å². The number of ketones is 1. The highest BCUT2D eigenvalue weighted by Crippen LogP contribution is 2.04. The molecule has 0 aliphatic carbocycles. The van der Waals surface area contributed by atoms with Gasteiger partial charge in [0.2, 0.25) is 5.78 Å². The molecule has 0 aromatic rings. The molecule has 0 amide bonds. The molecule has 0 radical (unpaired) electrons. The predicted octanol–water partition coefficient (Wildman–Crippen LogP) is 1.10. The van der Waals surface area contributed by atoms with E-state index in [1.165, 1.54) is 6.26 Å². The van der Waals surface area contributed by atoms with Gasteiger partial charge in [-0.1, -0.05) is 11.8 Å². The summed E-state index contributed by atoms with van der Waals surface area (Å²) in [6.45, 7) is 0. The molecule has 58 valence electrons. The second-order valence-corrected chi connectivity index (χ2v) is 2.38. The third kappa shape index (κ3) is 3.55. The highest BCUT2D eigenvalue weighted by Gasteiger charge is 2.17. The number of alkyl halides is 2. The van der Waals surface area contributed by atoms with Crippen LogP contribution in [0.5, 0.6) is 0 Å². The van der Waals surface area contributed by atoms with Crippen LogP contribution >= 0.6 is 11.8 Å². The Morgan fingerprint density at radius 2 is 2.00 bits per heavy atom. The third-order valence-corrected chi connectivity index (χ3v) is 1.39. The lowest BCUT2D eigenvalue weighted by atomic mass is 10.3. The van der Waals surface area contributed by atoms with E-state index in [1.807, 2.05) is 0 Å². The molecule has 0 atom stereocenters. The average Bonchev–Trinajstić information content (AvgIpc) is 1.87. The Hall–Kier alpha value is -0.450. The van der Waals surface area contributed by atoms with Crippen molar-refractivity contribution in [3.63, 3.8) is 0 Å². The third-order valence-electron chi connectivity index (χ3n) is 0.790. The summed E-state index contributed by atoms with van der Waals surface area (Å²) in [5, 5.41) is -0.523. The summed E-state index contributed by atoms with van der Waals surface area (Å²) in [4.78, 5) is 20.5. The molecule has 0 unspecified atom stereocenters. The molecule has 0 saturated carbocycles. The zero-order chi connectivity index (χ0) is 8.15. The van der Waals surface area contributed by atoms with Crippen molar-refractivity contribution in [3.8, 4) is 0 Å². The zero-order valence-corrected chi connectivity index (χ0v) is 6.08. The molecule has 0 saturated heterocycles. The molecule has 2 nitrogen and oxygen atoms in total. The highest BCUT2D eigenvalue weighted by atomic mass is 32.2. The largest absolute Gasteiger partial charge is 0.296 e. The first-order valence-corrected chi connectivity index (χ1v) is 3.68. The topological polar surface area (TPSA) is 34.1 Å². The first-order chi connectivity index (χ1) is 4.57. The second kappa shape index (κ2) is 4.38. The maximum Gasteiger partial charge on any atom is 0.296 e. The summed E-state index contributed by atoms with van der Waals surface area (Å²) in [5.41, 5.74) is 0. The van der Waals surface area contributed by atoms with Crippen LogP contribution in [0.15, 0.2) is 0 Å². The fourth-order valence-electron chi connectivity index (χ4n) is 0.292. The normalized spacial score (nSPS) is 10.0. The summed E-state index contributed by atoms with van der Waals surface area (Å²) in [7, 11) is 0. The number of rotatable bonds is 3. The molecule has 0 heterocycles. The van der Waals surface area contributed by atoms with Crippen LogP contribution in [0.3, 0.4) is 0 Å². The summed E-state index contributed by atoms with van der Waals surface area (Å²) in [6.07, 6.45) is -2.24. The van der Waals surface area contributed by atoms with Gasteiger partial charge in [0.15, 0.2) is 5.12 Å². The SMILES string of the molecule is CSC(=O)CC(=O)C(F)F. The maximum absolute atomic E-state index is 11.4. The predicted molar refractivity (Wildman–Crippen MR) is 34.1 cm³/mol. The zero-order valence-electron chi connectivity index (χ0n) is 5.27. The molecule has 0 aromatic carbocycles. The van der Waals surface area contributed by atoms with Gasteiger partial charge >= 0.3 is 0 Å². The minimum absolute atomic E-state index is 0.523. The number of carbonyl (C=O) groups is 2. The Labute approximate surface area is 61.0 Å². The number of halogens is 2. The Kier molecular flexibility index (Phi) is 4.18. The first-order valence-electron chi connectivity index (χ1n) is 2.45. The molecule has 0 N–H and O–H groups in total. The number of thioether (sulfide) groups is 1.